The average molecular weight is 263 g/mol. The van der Waals surface area contributed by atoms with Gasteiger partial charge < -0.3 is 5.32 Å². The molecule has 0 aromatic carbocycles. The Bertz CT molecular complexity index is 395. The van der Waals surface area contributed by atoms with Crippen LogP contribution in [-0.2, 0) is 13.5 Å². The van der Waals surface area contributed by atoms with Crippen molar-refractivity contribution in [2.75, 3.05) is 5.32 Å². The fraction of sp³-hybridized carbons (Fsp3) is 0.812. The minimum atomic E-state index is 0.645. The highest BCUT2D eigenvalue weighted by Crippen LogP contribution is 2.31. The predicted molar refractivity (Wildman–Crippen MR) is 81.4 cm³/mol. The van der Waals surface area contributed by atoms with Crippen LogP contribution in [0.15, 0.2) is 6.20 Å². The third-order valence-corrected chi connectivity index (χ3v) is 4.19. The van der Waals surface area contributed by atoms with Crippen molar-refractivity contribution < 1.29 is 0 Å². The number of anilines is 1. The molecule has 108 valence electrons. The van der Waals surface area contributed by atoms with Crippen molar-refractivity contribution in [3.05, 3.63) is 11.9 Å². The Balaban J connectivity index is 1.94. The smallest absolute Gasteiger partial charge is 0.0853 e. The molecule has 19 heavy (non-hydrogen) atoms. The number of nitrogens with one attached hydrogen (secondary N) is 1. The van der Waals surface area contributed by atoms with Crippen LogP contribution in [0.3, 0.4) is 0 Å². The number of rotatable bonds is 5. The van der Waals surface area contributed by atoms with Crippen molar-refractivity contribution in [1.29, 1.82) is 0 Å². The molecule has 1 N–H and O–H groups in total. The predicted octanol–water partition coefficient (Wildman–Crippen LogP) is 4.00. The van der Waals surface area contributed by atoms with Crippen LogP contribution in [0, 0.1) is 11.8 Å². The molecule has 1 aromatic heterocycles. The van der Waals surface area contributed by atoms with E-state index in [9.17, 15) is 0 Å². The summed E-state index contributed by atoms with van der Waals surface area (Å²) in [4.78, 5) is 0. The van der Waals surface area contributed by atoms with Crippen molar-refractivity contribution in [3.8, 4) is 0 Å². The van der Waals surface area contributed by atoms with Crippen LogP contribution in [0.4, 0.5) is 5.69 Å². The zero-order chi connectivity index (χ0) is 13.8. The van der Waals surface area contributed by atoms with Crippen LogP contribution in [-0.4, -0.2) is 15.8 Å². The van der Waals surface area contributed by atoms with Gasteiger partial charge in [-0.15, -0.1) is 0 Å². The first-order valence-electron chi connectivity index (χ1n) is 7.87. The molecule has 2 unspecified atom stereocenters. The van der Waals surface area contributed by atoms with E-state index < -0.39 is 0 Å². The molecule has 1 saturated carbocycles. The fourth-order valence-electron chi connectivity index (χ4n) is 3.44. The second-order valence-corrected chi connectivity index (χ2v) is 6.52. The quantitative estimate of drug-likeness (QED) is 0.870. The molecule has 0 saturated heterocycles. The third-order valence-electron chi connectivity index (χ3n) is 4.19. The average Bonchev–Trinajstić information content (AvgIpc) is 2.69. The summed E-state index contributed by atoms with van der Waals surface area (Å²) < 4.78 is 1.93. The Morgan fingerprint density at radius 3 is 2.89 bits per heavy atom. The van der Waals surface area contributed by atoms with Crippen LogP contribution >= 0.6 is 0 Å². The lowest BCUT2D eigenvalue weighted by Gasteiger charge is -2.31. The van der Waals surface area contributed by atoms with Gasteiger partial charge in [0.1, 0.15) is 0 Å². The monoisotopic (exact) mass is 263 g/mol. The van der Waals surface area contributed by atoms with Gasteiger partial charge in [0.2, 0.25) is 0 Å². The Morgan fingerprint density at radius 1 is 1.42 bits per heavy atom. The molecular formula is C16H29N3. The second kappa shape index (κ2) is 6.44. The molecule has 1 aromatic rings. The van der Waals surface area contributed by atoms with Gasteiger partial charge >= 0.3 is 0 Å². The van der Waals surface area contributed by atoms with Crippen LogP contribution < -0.4 is 5.32 Å². The lowest BCUT2D eigenvalue weighted by Crippen LogP contribution is -2.28. The Hall–Kier alpha value is -0.990. The minimum absolute atomic E-state index is 0.645. The van der Waals surface area contributed by atoms with Gasteiger partial charge in [0.15, 0.2) is 0 Å². The summed E-state index contributed by atoms with van der Waals surface area (Å²) in [5, 5.41) is 8.26. The molecule has 3 nitrogen and oxygen atoms in total. The normalized spacial score (nSPS) is 23.8. The third kappa shape index (κ3) is 3.99. The van der Waals surface area contributed by atoms with E-state index >= 15 is 0 Å². The Morgan fingerprint density at radius 2 is 2.21 bits per heavy atom. The number of nitrogens with zero attached hydrogens (tertiary/aromatic N) is 2. The summed E-state index contributed by atoms with van der Waals surface area (Å²) >= 11 is 0. The van der Waals surface area contributed by atoms with Crippen LogP contribution in [0.25, 0.3) is 0 Å². The molecule has 3 heteroatoms. The standard InChI is InChI=1S/C16H29N3/c1-5-15-16(11-19(4)18-15)17-14-8-6-7-13(10-14)9-12(2)3/h11-14,17H,5-10H2,1-4H3. The molecule has 1 aliphatic carbocycles. The van der Waals surface area contributed by atoms with Crippen LogP contribution in [0.1, 0.15) is 58.6 Å². The first-order valence-corrected chi connectivity index (χ1v) is 7.87. The van der Waals surface area contributed by atoms with E-state index in [0.29, 0.717) is 6.04 Å². The number of aromatic nitrogens is 2. The minimum Gasteiger partial charge on any atom is -0.380 e. The van der Waals surface area contributed by atoms with Crippen molar-refractivity contribution in [1.82, 2.24) is 9.78 Å². The van der Waals surface area contributed by atoms with E-state index in [1.54, 1.807) is 0 Å². The largest absolute Gasteiger partial charge is 0.380 e. The van der Waals surface area contributed by atoms with Crippen LogP contribution in [0.2, 0.25) is 0 Å². The maximum Gasteiger partial charge on any atom is 0.0853 e. The zero-order valence-electron chi connectivity index (χ0n) is 12.9. The van der Waals surface area contributed by atoms with Gasteiger partial charge in [-0.2, -0.15) is 5.10 Å². The van der Waals surface area contributed by atoms with Gasteiger partial charge in [-0.05, 0) is 37.5 Å². The Labute approximate surface area is 117 Å². The molecule has 2 rings (SSSR count). The zero-order valence-corrected chi connectivity index (χ0v) is 12.9. The van der Waals surface area contributed by atoms with E-state index in [-0.39, 0.29) is 0 Å². The van der Waals surface area contributed by atoms with Gasteiger partial charge in [-0.1, -0.05) is 33.6 Å². The summed E-state index contributed by atoms with van der Waals surface area (Å²) in [5.41, 5.74) is 2.45. The topological polar surface area (TPSA) is 29.9 Å². The highest BCUT2D eigenvalue weighted by molar-refractivity contribution is 5.47. The number of hydrogen-bond donors (Lipinski definition) is 1. The van der Waals surface area contributed by atoms with Gasteiger partial charge in [0.25, 0.3) is 0 Å². The van der Waals surface area contributed by atoms with E-state index in [4.69, 9.17) is 0 Å². The highest BCUT2D eigenvalue weighted by atomic mass is 15.3. The fourth-order valence-corrected chi connectivity index (χ4v) is 3.44. The number of aryl methyl sites for hydroxylation is 2. The molecule has 1 fully saturated rings. The molecule has 0 bridgehead atoms. The van der Waals surface area contributed by atoms with Gasteiger partial charge in [0, 0.05) is 19.3 Å². The van der Waals surface area contributed by atoms with Crippen LogP contribution in [0.5, 0.6) is 0 Å². The first-order chi connectivity index (χ1) is 9.08. The SMILES string of the molecule is CCc1nn(C)cc1NC1CCCC(CC(C)C)C1. The van der Waals surface area contributed by atoms with E-state index in [0.717, 1.165) is 18.3 Å². The summed E-state index contributed by atoms with van der Waals surface area (Å²) in [5.74, 6) is 1.74. The van der Waals surface area contributed by atoms with Crippen molar-refractivity contribution >= 4 is 5.69 Å². The molecule has 0 radical (unpaired) electrons. The van der Waals surface area contributed by atoms with Crippen molar-refractivity contribution in [2.24, 2.45) is 18.9 Å². The maximum absolute atomic E-state index is 4.52. The summed E-state index contributed by atoms with van der Waals surface area (Å²) in [7, 11) is 2.01. The maximum atomic E-state index is 4.52. The highest BCUT2D eigenvalue weighted by Gasteiger charge is 2.23. The van der Waals surface area contributed by atoms with Crippen molar-refractivity contribution in [2.45, 2.75) is 65.3 Å². The molecule has 1 aliphatic rings. The van der Waals surface area contributed by atoms with Crippen molar-refractivity contribution in [3.63, 3.8) is 0 Å². The molecule has 0 amide bonds. The van der Waals surface area contributed by atoms with Gasteiger partial charge in [-0.3, -0.25) is 4.68 Å². The van der Waals surface area contributed by atoms with E-state index in [1.165, 1.54) is 43.5 Å². The molecule has 2 atom stereocenters. The Kier molecular flexibility index (Phi) is 4.89. The lowest BCUT2D eigenvalue weighted by molar-refractivity contribution is 0.289. The van der Waals surface area contributed by atoms with Gasteiger partial charge in [-0.25, -0.2) is 0 Å². The first kappa shape index (κ1) is 14.4. The van der Waals surface area contributed by atoms with E-state index in [1.807, 2.05) is 11.7 Å². The molecule has 0 aliphatic heterocycles. The molecular weight excluding hydrogens is 234 g/mol. The lowest BCUT2D eigenvalue weighted by atomic mass is 9.81. The summed E-state index contributed by atoms with van der Waals surface area (Å²) in [6.45, 7) is 6.86. The second-order valence-electron chi connectivity index (χ2n) is 6.52. The summed E-state index contributed by atoms with van der Waals surface area (Å²) in [6.07, 6.45) is 9.95. The molecule has 1 heterocycles. The van der Waals surface area contributed by atoms with Gasteiger partial charge in [0.05, 0.1) is 11.4 Å². The van der Waals surface area contributed by atoms with E-state index in [2.05, 4.69) is 37.4 Å². The number of hydrogen-bond acceptors (Lipinski definition) is 2. The summed E-state index contributed by atoms with van der Waals surface area (Å²) in [6, 6.07) is 0.645. The molecule has 0 spiro atoms.